The molecule has 1 heterocycles. The van der Waals surface area contributed by atoms with Crippen LogP contribution in [0.15, 0.2) is 35.3 Å². The van der Waals surface area contributed by atoms with Gasteiger partial charge in [0, 0.05) is 6.20 Å². The van der Waals surface area contributed by atoms with Gasteiger partial charge in [0.05, 0.1) is 11.8 Å². The summed E-state index contributed by atoms with van der Waals surface area (Å²) in [5.74, 6) is 0.822. The number of aromatic nitrogens is 2. The minimum absolute atomic E-state index is 0.151. The predicted octanol–water partition coefficient (Wildman–Crippen LogP) is 2.53. The molecule has 0 aliphatic heterocycles. The highest BCUT2D eigenvalue weighted by atomic mass is 16.5. The summed E-state index contributed by atoms with van der Waals surface area (Å²) in [6.07, 6.45) is 1.73. The zero-order valence-corrected chi connectivity index (χ0v) is 10.7. The van der Waals surface area contributed by atoms with Crippen molar-refractivity contribution in [3.8, 4) is 17.0 Å². The molecule has 0 saturated heterocycles. The van der Waals surface area contributed by atoms with Crippen molar-refractivity contribution in [1.29, 1.82) is 0 Å². The van der Waals surface area contributed by atoms with E-state index < -0.39 is 0 Å². The molecule has 0 unspecified atom stereocenters. The molecule has 2 aromatic rings. The van der Waals surface area contributed by atoms with Crippen molar-refractivity contribution in [2.75, 3.05) is 0 Å². The molecule has 0 aliphatic rings. The van der Waals surface area contributed by atoms with Crippen LogP contribution in [0.5, 0.6) is 5.75 Å². The molecule has 0 atom stereocenters. The first-order chi connectivity index (χ1) is 8.56. The molecule has 2 rings (SSSR count). The van der Waals surface area contributed by atoms with Crippen molar-refractivity contribution < 1.29 is 4.74 Å². The van der Waals surface area contributed by atoms with Crippen molar-refractivity contribution in [2.24, 2.45) is 0 Å². The summed E-state index contributed by atoms with van der Waals surface area (Å²) in [7, 11) is 0. The number of H-pyrrole nitrogens is 1. The molecular formula is C14H16N2O2. The maximum Gasteiger partial charge on any atom is 0.345 e. The van der Waals surface area contributed by atoms with E-state index in [9.17, 15) is 4.79 Å². The van der Waals surface area contributed by atoms with Gasteiger partial charge in [-0.1, -0.05) is 0 Å². The average Bonchev–Trinajstić information content (AvgIpc) is 2.33. The highest BCUT2D eigenvalue weighted by Gasteiger charge is 2.04. The summed E-state index contributed by atoms with van der Waals surface area (Å²) >= 11 is 0. The van der Waals surface area contributed by atoms with Gasteiger partial charge in [-0.25, -0.2) is 9.78 Å². The molecule has 94 valence electrons. The Balaban J connectivity index is 2.34. The minimum atomic E-state index is -0.335. The second-order valence-electron chi connectivity index (χ2n) is 4.44. The molecule has 0 fully saturated rings. The van der Waals surface area contributed by atoms with Crippen LogP contribution in [0, 0.1) is 6.92 Å². The average molecular weight is 244 g/mol. The molecule has 4 heteroatoms. The molecule has 0 radical (unpaired) electrons. The Morgan fingerprint density at radius 3 is 2.50 bits per heavy atom. The van der Waals surface area contributed by atoms with Gasteiger partial charge in [0.15, 0.2) is 0 Å². The number of hydrogen-bond acceptors (Lipinski definition) is 3. The summed E-state index contributed by atoms with van der Waals surface area (Å²) in [5, 5.41) is 0. The molecular weight excluding hydrogens is 228 g/mol. The summed E-state index contributed by atoms with van der Waals surface area (Å²) in [6, 6.07) is 7.65. The first kappa shape index (κ1) is 12.4. The first-order valence-corrected chi connectivity index (χ1v) is 5.89. The lowest BCUT2D eigenvalue weighted by Gasteiger charge is -2.10. The number of nitrogens with one attached hydrogen (secondary N) is 1. The van der Waals surface area contributed by atoms with Crippen LogP contribution >= 0.6 is 0 Å². The van der Waals surface area contributed by atoms with Gasteiger partial charge in [-0.05, 0) is 56.2 Å². The van der Waals surface area contributed by atoms with Gasteiger partial charge in [-0.15, -0.1) is 0 Å². The van der Waals surface area contributed by atoms with Crippen LogP contribution in [0.25, 0.3) is 11.3 Å². The monoisotopic (exact) mass is 244 g/mol. The van der Waals surface area contributed by atoms with Crippen LogP contribution in [0.3, 0.4) is 0 Å². The van der Waals surface area contributed by atoms with E-state index in [1.165, 1.54) is 0 Å². The second-order valence-corrected chi connectivity index (χ2v) is 4.44. The van der Waals surface area contributed by atoms with Crippen LogP contribution in [-0.2, 0) is 0 Å². The van der Waals surface area contributed by atoms with Crippen molar-refractivity contribution in [3.63, 3.8) is 0 Å². The van der Waals surface area contributed by atoms with E-state index in [0.717, 1.165) is 22.6 Å². The highest BCUT2D eigenvalue weighted by Crippen LogP contribution is 2.22. The van der Waals surface area contributed by atoms with E-state index in [1.54, 1.807) is 6.20 Å². The number of ether oxygens (including phenoxy) is 1. The van der Waals surface area contributed by atoms with E-state index in [1.807, 2.05) is 45.0 Å². The van der Waals surface area contributed by atoms with Crippen molar-refractivity contribution in [2.45, 2.75) is 26.9 Å². The van der Waals surface area contributed by atoms with Crippen LogP contribution < -0.4 is 10.4 Å². The quantitative estimate of drug-likeness (QED) is 0.902. The molecule has 0 spiro atoms. The van der Waals surface area contributed by atoms with Gasteiger partial charge < -0.3 is 9.72 Å². The van der Waals surface area contributed by atoms with Gasteiger partial charge in [0.1, 0.15) is 5.75 Å². The van der Waals surface area contributed by atoms with Gasteiger partial charge in [0.25, 0.3) is 0 Å². The molecule has 0 amide bonds. The largest absolute Gasteiger partial charge is 0.491 e. The lowest BCUT2D eigenvalue weighted by atomic mass is 10.1. The number of aromatic amines is 1. The fourth-order valence-electron chi connectivity index (χ4n) is 1.73. The van der Waals surface area contributed by atoms with E-state index in [-0.39, 0.29) is 11.8 Å². The van der Waals surface area contributed by atoms with Crippen LogP contribution in [0.1, 0.15) is 19.4 Å². The Morgan fingerprint density at radius 1 is 1.22 bits per heavy atom. The van der Waals surface area contributed by atoms with Crippen molar-refractivity contribution in [1.82, 2.24) is 9.97 Å². The molecule has 18 heavy (non-hydrogen) atoms. The lowest BCUT2D eigenvalue weighted by molar-refractivity contribution is 0.242. The molecule has 1 N–H and O–H groups in total. The molecule has 0 bridgehead atoms. The maximum absolute atomic E-state index is 11.2. The molecule has 1 aromatic carbocycles. The smallest absolute Gasteiger partial charge is 0.345 e. The van der Waals surface area contributed by atoms with Gasteiger partial charge >= 0.3 is 5.69 Å². The zero-order valence-electron chi connectivity index (χ0n) is 10.7. The number of aryl methyl sites for hydroxylation is 1. The van der Waals surface area contributed by atoms with Gasteiger partial charge in [-0.2, -0.15) is 0 Å². The Morgan fingerprint density at radius 2 is 1.89 bits per heavy atom. The van der Waals surface area contributed by atoms with E-state index in [0.29, 0.717) is 0 Å². The highest BCUT2D eigenvalue weighted by molar-refractivity contribution is 5.62. The Hall–Kier alpha value is -2.10. The molecule has 4 nitrogen and oxygen atoms in total. The summed E-state index contributed by atoms with van der Waals surface area (Å²) < 4.78 is 5.57. The third-order valence-electron chi connectivity index (χ3n) is 2.52. The second kappa shape index (κ2) is 5.04. The third-order valence-corrected chi connectivity index (χ3v) is 2.52. The summed E-state index contributed by atoms with van der Waals surface area (Å²) in [5.41, 5.74) is 2.35. The van der Waals surface area contributed by atoms with Crippen molar-refractivity contribution in [3.05, 3.63) is 46.5 Å². The molecule has 0 aliphatic carbocycles. The fourth-order valence-corrected chi connectivity index (χ4v) is 1.73. The lowest BCUT2D eigenvalue weighted by Crippen LogP contribution is -2.11. The Kier molecular flexibility index (Phi) is 3.46. The fraction of sp³-hybridized carbons (Fsp3) is 0.286. The summed E-state index contributed by atoms with van der Waals surface area (Å²) in [6.45, 7) is 5.88. The first-order valence-electron chi connectivity index (χ1n) is 5.89. The maximum atomic E-state index is 11.2. The number of nitrogens with zero attached hydrogens (tertiary/aromatic N) is 1. The molecule has 0 saturated carbocycles. The van der Waals surface area contributed by atoms with Gasteiger partial charge in [0.2, 0.25) is 0 Å². The van der Waals surface area contributed by atoms with E-state index >= 15 is 0 Å². The topological polar surface area (TPSA) is 55.0 Å². The van der Waals surface area contributed by atoms with Crippen LogP contribution in [0.4, 0.5) is 0 Å². The molecule has 1 aromatic heterocycles. The number of rotatable bonds is 3. The Labute approximate surface area is 106 Å². The van der Waals surface area contributed by atoms with Gasteiger partial charge in [-0.3, -0.25) is 0 Å². The minimum Gasteiger partial charge on any atom is -0.491 e. The van der Waals surface area contributed by atoms with Crippen LogP contribution in [-0.4, -0.2) is 16.1 Å². The predicted molar refractivity (Wildman–Crippen MR) is 70.8 cm³/mol. The SMILES string of the molecule is Cc1cnc(=O)[nH]c1-c1ccc(OC(C)C)cc1. The zero-order chi connectivity index (χ0) is 13.1. The standard InChI is InChI=1S/C14H16N2O2/c1-9(2)18-12-6-4-11(5-7-12)13-10(3)8-15-14(17)16-13/h4-9H,1-3H3,(H,15,16,17). The number of benzene rings is 1. The third kappa shape index (κ3) is 2.77. The normalized spacial score (nSPS) is 10.7. The van der Waals surface area contributed by atoms with Crippen LogP contribution in [0.2, 0.25) is 0 Å². The Bertz CT molecular complexity index is 585. The van der Waals surface area contributed by atoms with E-state index in [4.69, 9.17) is 4.74 Å². The number of hydrogen-bond donors (Lipinski definition) is 1. The van der Waals surface area contributed by atoms with E-state index in [2.05, 4.69) is 9.97 Å². The van der Waals surface area contributed by atoms with Crippen molar-refractivity contribution >= 4 is 0 Å². The summed E-state index contributed by atoms with van der Waals surface area (Å²) in [4.78, 5) is 17.7.